The van der Waals surface area contributed by atoms with E-state index in [1.807, 2.05) is 6.92 Å². The Morgan fingerprint density at radius 1 is 1.35 bits per heavy atom. The van der Waals surface area contributed by atoms with Gasteiger partial charge in [0.1, 0.15) is 11.4 Å². The van der Waals surface area contributed by atoms with E-state index in [4.69, 9.17) is 14.5 Å². The molecule has 2 fully saturated rings. The highest BCUT2D eigenvalue weighted by atomic mass is 16.5. The van der Waals surface area contributed by atoms with Gasteiger partial charge in [0.2, 0.25) is 0 Å². The molecule has 0 radical (unpaired) electrons. The van der Waals surface area contributed by atoms with Crippen molar-refractivity contribution in [2.24, 2.45) is 4.99 Å². The van der Waals surface area contributed by atoms with E-state index in [0.717, 1.165) is 49.9 Å². The van der Waals surface area contributed by atoms with Crippen LogP contribution in [0.4, 0.5) is 10.6 Å². The average Bonchev–Trinajstić information content (AvgIpc) is 3.19. The van der Waals surface area contributed by atoms with E-state index >= 15 is 0 Å². The Balaban J connectivity index is 2.12. The molecule has 8 nitrogen and oxygen atoms in total. The molecule has 1 aromatic rings. The van der Waals surface area contributed by atoms with Crippen LogP contribution in [0.2, 0.25) is 0 Å². The zero-order valence-corrected chi connectivity index (χ0v) is 15.6. The zero-order valence-electron chi connectivity index (χ0n) is 15.6. The zero-order chi connectivity index (χ0) is 18.6. The highest BCUT2D eigenvalue weighted by Crippen LogP contribution is 2.37. The van der Waals surface area contributed by atoms with Crippen LogP contribution in [0.5, 0.6) is 0 Å². The van der Waals surface area contributed by atoms with Gasteiger partial charge in [0, 0.05) is 25.8 Å². The van der Waals surface area contributed by atoms with Crippen molar-refractivity contribution in [2.45, 2.75) is 58.0 Å². The third-order valence-corrected chi connectivity index (χ3v) is 5.13. The first-order valence-electron chi connectivity index (χ1n) is 9.54. The van der Waals surface area contributed by atoms with E-state index in [2.05, 4.69) is 9.89 Å². The highest BCUT2D eigenvalue weighted by Gasteiger charge is 2.38. The van der Waals surface area contributed by atoms with Crippen LogP contribution in [-0.4, -0.2) is 47.3 Å². The Kier molecular flexibility index (Phi) is 5.80. The number of ether oxygens (including phenoxy) is 2. The predicted molar refractivity (Wildman–Crippen MR) is 95.2 cm³/mol. The van der Waals surface area contributed by atoms with Gasteiger partial charge in [0.05, 0.1) is 6.61 Å². The molecule has 0 aromatic carbocycles. The number of hydrogen-bond acceptors (Lipinski definition) is 6. The van der Waals surface area contributed by atoms with E-state index in [0.29, 0.717) is 24.7 Å². The fourth-order valence-corrected chi connectivity index (χ4v) is 3.67. The second-order valence-corrected chi connectivity index (χ2v) is 6.77. The number of amides is 1. The van der Waals surface area contributed by atoms with Crippen LogP contribution in [-0.2, 0) is 15.1 Å². The first kappa shape index (κ1) is 18.7. The molecule has 2 aliphatic rings. The second kappa shape index (κ2) is 8.07. The summed E-state index contributed by atoms with van der Waals surface area (Å²) in [5, 5.41) is 10.8. The molecule has 0 saturated carbocycles. The normalized spacial score (nSPS) is 24.1. The molecule has 3 heterocycles. The highest BCUT2D eigenvalue weighted by molar-refractivity contribution is 5.68. The molecule has 2 aliphatic heterocycles. The minimum absolute atomic E-state index is 0.123. The van der Waals surface area contributed by atoms with Gasteiger partial charge in [-0.3, -0.25) is 0 Å². The van der Waals surface area contributed by atoms with Gasteiger partial charge in [-0.15, -0.1) is 0 Å². The van der Waals surface area contributed by atoms with Crippen LogP contribution in [0, 0.1) is 0 Å². The number of carbonyl (C=O) groups is 1. The molecule has 144 valence electrons. The quantitative estimate of drug-likeness (QED) is 0.826. The van der Waals surface area contributed by atoms with Crippen molar-refractivity contribution in [3.05, 3.63) is 17.4 Å². The van der Waals surface area contributed by atoms with Crippen LogP contribution in [0.15, 0.2) is 11.1 Å². The summed E-state index contributed by atoms with van der Waals surface area (Å²) in [5.74, 6) is 1.12. The maximum absolute atomic E-state index is 11.9. The van der Waals surface area contributed by atoms with E-state index in [-0.39, 0.29) is 12.1 Å². The second-order valence-electron chi connectivity index (χ2n) is 6.77. The summed E-state index contributed by atoms with van der Waals surface area (Å²) < 4.78 is 11.9. The van der Waals surface area contributed by atoms with Crippen molar-refractivity contribution in [1.29, 1.82) is 0 Å². The van der Waals surface area contributed by atoms with Crippen LogP contribution in [0.1, 0.15) is 58.2 Å². The third-order valence-electron chi connectivity index (χ3n) is 5.13. The van der Waals surface area contributed by atoms with Crippen molar-refractivity contribution in [2.75, 3.05) is 31.2 Å². The fourth-order valence-electron chi connectivity index (χ4n) is 3.67. The Bertz CT molecular complexity index is 704. The lowest BCUT2D eigenvalue weighted by Crippen LogP contribution is -2.41. The van der Waals surface area contributed by atoms with Gasteiger partial charge in [0.25, 0.3) is 0 Å². The molecular formula is C18H28N4O4. The van der Waals surface area contributed by atoms with E-state index in [9.17, 15) is 10.0 Å². The Hall–Kier alpha value is -2.09. The van der Waals surface area contributed by atoms with Crippen LogP contribution in [0.3, 0.4) is 0 Å². The van der Waals surface area contributed by atoms with Gasteiger partial charge >= 0.3 is 6.09 Å². The Morgan fingerprint density at radius 3 is 2.73 bits per heavy atom. The van der Waals surface area contributed by atoms with Gasteiger partial charge in [0.15, 0.2) is 11.3 Å². The summed E-state index contributed by atoms with van der Waals surface area (Å²) in [5.41, 5.74) is -0.542. The number of rotatable bonds is 4. The van der Waals surface area contributed by atoms with Crippen LogP contribution >= 0.6 is 0 Å². The van der Waals surface area contributed by atoms with Crippen molar-refractivity contribution in [1.82, 2.24) is 9.71 Å². The smallest absolute Gasteiger partial charge is 0.435 e. The lowest BCUT2D eigenvalue weighted by molar-refractivity contribution is -0.103. The molecule has 1 amide bonds. The maximum Gasteiger partial charge on any atom is 0.435 e. The van der Waals surface area contributed by atoms with Gasteiger partial charge in [-0.1, -0.05) is 6.92 Å². The first-order valence-corrected chi connectivity index (χ1v) is 9.54. The van der Waals surface area contributed by atoms with Gasteiger partial charge in [-0.25, -0.2) is 9.78 Å². The Labute approximate surface area is 153 Å². The molecular weight excluding hydrogens is 336 g/mol. The summed E-state index contributed by atoms with van der Waals surface area (Å²) in [6.45, 7) is 6.41. The molecule has 0 aliphatic carbocycles. The van der Waals surface area contributed by atoms with Gasteiger partial charge in [-0.05, 0) is 45.4 Å². The average molecular weight is 364 g/mol. The number of nitrogens with zero attached hydrogens (tertiary/aromatic N) is 4. The predicted octanol–water partition coefficient (Wildman–Crippen LogP) is 2.58. The summed E-state index contributed by atoms with van der Waals surface area (Å²) in [7, 11) is 0. The molecule has 0 spiro atoms. The van der Waals surface area contributed by atoms with Crippen molar-refractivity contribution in [3.63, 3.8) is 0 Å². The van der Waals surface area contributed by atoms with Crippen LogP contribution < -0.4 is 10.4 Å². The van der Waals surface area contributed by atoms with E-state index in [1.165, 1.54) is 0 Å². The minimum atomic E-state index is -0.727. The monoisotopic (exact) mass is 364 g/mol. The lowest BCUT2D eigenvalue weighted by atomic mass is 9.90. The maximum atomic E-state index is 11.9. The van der Waals surface area contributed by atoms with Crippen LogP contribution in [0.25, 0.3) is 0 Å². The summed E-state index contributed by atoms with van der Waals surface area (Å²) in [6.07, 6.45) is 4.94. The molecule has 1 N–H and O–H groups in total. The largest absolute Gasteiger partial charge is 0.448 e. The molecule has 2 saturated heterocycles. The first-order chi connectivity index (χ1) is 12.6. The lowest BCUT2D eigenvalue weighted by Gasteiger charge is -2.36. The molecule has 1 atom stereocenters. The van der Waals surface area contributed by atoms with E-state index in [1.54, 1.807) is 13.0 Å². The minimum Gasteiger partial charge on any atom is -0.448 e. The van der Waals surface area contributed by atoms with Gasteiger partial charge in [-0.2, -0.15) is 9.72 Å². The molecule has 26 heavy (non-hydrogen) atoms. The molecule has 0 bridgehead atoms. The summed E-state index contributed by atoms with van der Waals surface area (Å²) in [6, 6.07) is 1.64. The number of carbonyl (C=O) groups excluding carboxylic acids is 1. The van der Waals surface area contributed by atoms with Crippen molar-refractivity contribution < 1.29 is 19.5 Å². The topological polar surface area (TPSA) is 89.2 Å². The summed E-state index contributed by atoms with van der Waals surface area (Å²) in [4.78, 5) is 22.7. The Morgan fingerprint density at radius 2 is 2.12 bits per heavy atom. The number of anilines is 1. The van der Waals surface area contributed by atoms with Crippen molar-refractivity contribution in [3.8, 4) is 0 Å². The molecule has 1 unspecified atom stereocenters. The number of aromatic nitrogens is 2. The third kappa shape index (κ3) is 3.70. The van der Waals surface area contributed by atoms with Gasteiger partial charge < -0.3 is 19.6 Å². The number of hydrogen-bond donors (Lipinski definition) is 1. The molecule has 1 aromatic heterocycles. The molecule has 3 rings (SSSR count). The summed E-state index contributed by atoms with van der Waals surface area (Å²) >= 11 is 0. The standard InChI is InChI=1S/C18H28N4O4/c1-3-18(9-5-8-12-26-18)16-19-14(21-10-6-7-11-21)13-15(22(16)24)20-17(23)25-4-2/h13,24H,3-12H2,1-2H3. The van der Waals surface area contributed by atoms with Crippen molar-refractivity contribution >= 4 is 11.9 Å². The molecule has 8 heteroatoms. The fraction of sp³-hybridized carbons (Fsp3) is 0.722. The SMILES string of the molecule is CCOC(=O)N=c1cc(N2CCCC2)nc(C2(CC)CCCCO2)n1O. The van der Waals surface area contributed by atoms with E-state index < -0.39 is 11.7 Å².